The van der Waals surface area contributed by atoms with Gasteiger partial charge in [-0.25, -0.2) is 9.59 Å². The maximum absolute atomic E-state index is 13.0. The molecule has 0 spiro atoms. The van der Waals surface area contributed by atoms with Crippen LogP contribution in [0.1, 0.15) is 22.6 Å². The number of fused-ring (bicyclic) bond motifs is 2. The number of phenolic OH excluding ortho intramolecular Hbond substituents is 1. The monoisotopic (exact) mass is 413 g/mol. The normalized spacial score (nSPS) is 14.7. The van der Waals surface area contributed by atoms with E-state index in [9.17, 15) is 29.4 Å². The molecule has 11 heteroatoms. The summed E-state index contributed by atoms with van der Waals surface area (Å²) in [6, 6.07) is 4.00. The Hall–Kier alpha value is -4.02. The van der Waals surface area contributed by atoms with E-state index < -0.39 is 34.3 Å². The first kappa shape index (κ1) is 19.3. The van der Waals surface area contributed by atoms with Crippen LogP contribution in [0.3, 0.4) is 0 Å². The lowest BCUT2D eigenvalue weighted by Gasteiger charge is -2.31. The number of hydrogen-bond acceptors (Lipinski definition) is 7. The van der Waals surface area contributed by atoms with E-state index in [1.165, 1.54) is 46.4 Å². The molecule has 3 heterocycles. The minimum atomic E-state index is -1.21. The summed E-state index contributed by atoms with van der Waals surface area (Å²) in [4.78, 5) is 50.6. The summed E-state index contributed by atoms with van der Waals surface area (Å²) in [5.41, 5.74) is -3.25. The Kier molecular flexibility index (Phi) is 4.01. The van der Waals surface area contributed by atoms with Gasteiger partial charge in [-0.1, -0.05) is 6.07 Å². The smallest absolute Gasteiger partial charge is 0.333 e. The number of nitrogens with zero attached hydrogens (tertiary/aromatic N) is 4. The molecule has 1 N–H and O–H groups in total. The van der Waals surface area contributed by atoms with Crippen molar-refractivity contribution in [2.24, 2.45) is 28.2 Å². The van der Waals surface area contributed by atoms with E-state index in [0.29, 0.717) is 0 Å². The number of ether oxygens (including phenoxy) is 1. The lowest BCUT2D eigenvalue weighted by atomic mass is 9.84. The molecule has 1 aliphatic rings. The van der Waals surface area contributed by atoms with Gasteiger partial charge < -0.3 is 19.5 Å². The predicted molar refractivity (Wildman–Crippen MR) is 102 cm³/mol. The zero-order chi connectivity index (χ0) is 22.1. The highest BCUT2D eigenvalue weighted by atomic mass is 16.5. The number of rotatable bonds is 1. The van der Waals surface area contributed by atoms with Crippen LogP contribution in [0.25, 0.3) is 0 Å². The third-order valence-electron chi connectivity index (χ3n) is 5.38. The van der Waals surface area contributed by atoms with Crippen molar-refractivity contribution in [1.29, 1.82) is 0 Å². The predicted octanol–water partition coefficient (Wildman–Crippen LogP) is -1.45. The minimum Gasteiger partial charge on any atom is -0.860 e. The third kappa shape index (κ3) is 2.38. The second-order valence-electron chi connectivity index (χ2n) is 7.11. The molecule has 0 radical (unpaired) electrons. The Morgan fingerprint density at radius 3 is 2.07 bits per heavy atom. The molecule has 1 aliphatic heterocycles. The molecule has 0 aliphatic carbocycles. The fraction of sp³-hybridized carbons (Fsp3) is 0.263. The van der Waals surface area contributed by atoms with Gasteiger partial charge in [-0.2, -0.15) is 0 Å². The van der Waals surface area contributed by atoms with Crippen LogP contribution >= 0.6 is 0 Å². The van der Waals surface area contributed by atoms with Gasteiger partial charge >= 0.3 is 11.4 Å². The van der Waals surface area contributed by atoms with Crippen molar-refractivity contribution >= 4 is 0 Å². The van der Waals surface area contributed by atoms with Gasteiger partial charge in [0, 0.05) is 45.4 Å². The van der Waals surface area contributed by atoms with Gasteiger partial charge in [-0.15, -0.1) is 0 Å². The van der Waals surface area contributed by atoms with E-state index in [1.807, 2.05) is 0 Å². The zero-order valence-corrected chi connectivity index (χ0v) is 16.5. The van der Waals surface area contributed by atoms with Gasteiger partial charge in [0.05, 0.1) is 11.5 Å². The molecule has 1 unspecified atom stereocenters. The van der Waals surface area contributed by atoms with Crippen LogP contribution in [-0.4, -0.2) is 23.4 Å². The molecule has 1 atom stereocenters. The van der Waals surface area contributed by atoms with Gasteiger partial charge in [-0.3, -0.25) is 23.3 Å². The number of phenols is 1. The maximum atomic E-state index is 13.0. The third-order valence-corrected chi connectivity index (χ3v) is 5.38. The molecule has 0 amide bonds. The van der Waals surface area contributed by atoms with E-state index in [-0.39, 0.29) is 34.1 Å². The van der Waals surface area contributed by atoms with Crippen LogP contribution < -0.4 is 32.3 Å². The van der Waals surface area contributed by atoms with E-state index in [1.54, 1.807) is 0 Å². The number of aromatic nitrogens is 4. The molecule has 11 nitrogen and oxygen atoms in total. The summed E-state index contributed by atoms with van der Waals surface area (Å²) < 4.78 is 9.21. The Morgan fingerprint density at radius 1 is 0.867 bits per heavy atom. The fourth-order valence-corrected chi connectivity index (χ4v) is 3.73. The Labute approximate surface area is 167 Å². The molecule has 4 rings (SSSR count). The molecule has 0 bridgehead atoms. The lowest BCUT2D eigenvalue weighted by molar-refractivity contribution is -0.281. The molecular weight excluding hydrogens is 396 g/mol. The van der Waals surface area contributed by atoms with Crippen molar-refractivity contribution in [3.05, 3.63) is 76.6 Å². The zero-order valence-electron chi connectivity index (χ0n) is 16.5. The van der Waals surface area contributed by atoms with Crippen LogP contribution in [0, 0.1) is 0 Å². The first-order valence-corrected chi connectivity index (χ1v) is 8.83. The van der Waals surface area contributed by atoms with E-state index in [4.69, 9.17) is 4.74 Å². The average Bonchev–Trinajstić information content (AvgIpc) is 2.72. The van der Waals surface area contributed by atoms with Crippen molar-refractivity contribution in [2.45, 2.75) is 5.92 Å². The van der Waals surface area contributed by atoms with Crippen molar-refractivity contribution in [3.63, 3.8) is 0 Å². The van der Waals surface area contributed by atoms with Crippen LogP contribution in [0.4, 0.5) is 0 Å². The Morgan fingerprint density at radius 2 is 1.43 bits per heavy atom. The summed E-state index contributed by atoms with van der Waals surface area (Å²) >= 11 is 0. The molecule has 0 saturated carbocycles. The molecule has 1 aromatic carbocycles. The summed E-state index contributed by atoms with van der Waals surface area (Å²) in [6.07, 6.45) is 0. The molecule has 2 aromatic heterocycles. The van der Waals surface area contributed by atoms with Gasteiger partial charge in [-0.05, 0) is 11.9 Å². The Bertz CT molecular complexity index is 1440. The molecular formula is C19H17N4O7-. The van der Waals surface area contributed by atoms with Crippen LogP contribution in [0.5, 0.6) is 23.3 Å². The SMILES string of the molecule is Cn1c([O-])c(C2c3ccc(O)cc3Oc3c2c(=O)n(C)c(=O)n3C)c(=O)n(C)c1=O. The quantitative estimate of drug-likeness (QED) is 0.402. The van der Waals surface area contributed by atoms with Crippen molar-refractivity contribution in [2.75, 3.05) is 0 Å². The number of hydrogen-bond donors (Lipinski definition) is 1. The summed E-state index contributed by atoms with van der Waals surface area (Å²) in [7, 11) is 5.10. The largest absolute Gasteiger partial charge is 0.860 e. The first-order valence-electron chi connectivity index (χ1n) is 8.83. The molecule has 156 valence electrons. The van der Waals surface area contributed by atoms with E-state index >= 15 is 0 Å². The number of benzene rings is 1. The summed E-state index contributed by atoms with van der Waals surface area (Å²) in [5.74, 6) is -2.31. The van der Waals surface area contributed by atoms with Crippen LogP contribution in [0.15, 0.2) is 37.4 Å². The highest BCUT2D eigenvalue weighted by Crippen LogP contribution is 2.46. The average molecular weight is 413 g/mol. The molecule has 0 fully saturated rings. The minimum absolute atomic E-state index is 0.0751. The Balaban J connectivity index is 2.24. The molecule has 30 heavy (non-hydrogen) atoms. The van der Waals surface area contributed by atoms with Crippen molar-refractivity contribution < 1.29 is 14.9 Å². The first-order chi connectivity index (χ1) is 14.1. The highest BCUT2D eigenvalue weighted by Gasteiger charge is 2.37. The maximum Gasteiger partial charge on any atom is 0.333 e. The summed E-state index contributed by atoms with van der Waals surface area (Å²) in [6.45, 7) is 0. The van der Waals surface area contributed by atoms with Crippen LogP contribution in [0.2, 0.25) is 0 Å². The second kappa shape index (κ2) is 6.24. The topological polar surface area (TPSA) is 141 Å². The lowest BCUT2D eigenvalue weighted by Crippen LogP contribution is -2.44. The van der Waals surface area contributed by atoms with Crippen molar-refractivity contribution in [3.8, 4) is 23.3 Å². The van der Waals surface area contributed by atoms with Gasteiger partial charge in [0.1, 0.15) is 11.5 Å². The van der Waals surface area contributed by atoms with Gasteiger partial charge in [0.25, 0.3) is 11.1 Å². The van der Waals surface area contributed by atoms with Crippen LogP contribution in [-0.2, 0) is 28.2 Å². The summed E-state index contributed by atoms with van der Waals surface area (Å²) in [5, 5.41) is 22.8. The highest BCUT2D eigenvalue weighted by molar-refractivity contribution is 5.58. The standard InChI is InChI=1S/C19H18N4O7/c1-20-14(25)12(15(26)21(2)18(20)28)11-9-6-5-8(24)7-10(9)30-17-13(11)16(27)22(3)19(29)23(17)4/h5-7,11,24-25H,1-4H3/p-1. The fourth-order valence-electron chi connectivity index (χ4n) is 3.73. The van der Waals surface area contributed by atoms with E-state index in [2.05, 4.69) is 0 Å². The van der Waals surface area contributed by atoms with Gasteiger partial charge in [0.15, 0.2) is 0 Å². The molecule has 0 saturated heterocycles. The van der Waals surface area contributed by atoms with Gasteiger partial charge in [0.2, 0.25) is 5.88 Å². The second-order valence-corrected chi connectivity index (χ2v) is 7.11. The number of aromatic hydroxyl groups is 1. The van der Waals surface area contributed by atoms with E-state index in [0.717, 1.165) is 18.3 Å². The van der Waals surface area contributed by atoms with Crippen molar-refractivity contribution in [1.82, 2.24) is 18.3 Å². The molecule has 3 aromatic rings.